The van der Waals surface area contributed by atoms with Gasteiger partial charge in [0.05, 0.1) is 6.54 Å². The number of anilines is 1. The smallest absolute Gasteiger partial charge is 0.263 e. The van der Waals surface area contributed by atoms with Gasteiger partial charge in [0, 0.05) is 23.5 Å². The number of aryl methyl sites for hydroxylation is 1. The monoisotopic (exact) mass is 378 g/mol. The molecule has 0 spiro atoms. The largest absolute Gasteiger partial charge is 0.310 e. The summed E-state index contributed by atoms with van der Waals surface area (Å²) in [5, 5.41) is 0.603. The molecular formula is C22H19ClN2O2. The van der Waals surface area contributed by atoms with Gasteiger partial charge < -0.3 is 9.47 Å². The van der Waals surface area contributed by atoms with Gasteiger partial charge >= 0.3 is 0 Å². The van der Waals surface area contributed by atoms with Crippen molar-refractivity contribution >= 4 is 23.2 Å². The third kappa shape index (κ3) is 3.40. The number of carbonyl (C=O) groups is 1. The van der Waals surface area contributed by atoms with Crippen LogP contribution in [0, 0.1) is 0 Å². The average molecular weight is 379 g/mol. The van der Waals surface area contributed by atoms with Crippen molar-refractivity contribution in [2.75, 3.05) is 11.4 Å². The van der Waals surface area contributed by atoms with Crippen molar-refractivity contribution in [3.05, 3.63) is 98.9 Å². The number of nitrogens with zero attached hydrogens (tertiary/aromatic N) is 2. The Morgan fingerprint density at radius 1 is 1.00 bits per heavy atom. The van der Waals surface area contributed by atoms with Crippen molar-refractivity contribution < 1.29 is 4.79 Å². The molecule has 0 bridgehead atoms. The zero-order valence-corrected chi connectivity index (χ0v) is 15.5. The highest BCUT2D eigenvalue weighted by atomic mass is 35.5. The van der Waals surface area contributed by atoms with Crippen LogP contribution in [0.5, 0.6) is 0 Å². The predicted molar refractivity (Wildman–Crippen MR) is 108 cm³/mol. The number of hydrogen-bond donors (Lipinski definition) is 0. The number of pyridine rings is 1. The van der Waals surface area contributed by atoms with Gasteiger partial charge in [0.2, 0.25) is 0 Å². The van der Waals surface area contributed by atoms with Crippen LogP contribution < -0.4 is 10.5 Å². The van der Waals surface area contributed by atoms with Gasteiger partial charge in [-0.3, -0.25) is 9.59 Å². The predicted octanol–water partition coefficient (Wildman–Crippen LogP) is 4.14. The third-order valence-corrected chi connectivity index (χ3v) is 5.27. The lowest BCUT2D eigenvalue weighted by Gasteiger charge is -2.29. The van der Waals surface area contributed by atoms with Crippen molar-refractivity contribution in [1.29, 1.82) is 0 Å². The average Bonchev–Trinajstić information content (AvgIpc) is 2.70. The normalized spacial score (nSPS) is 13.3. The summed E-state index contributed by atoms with van der Waals surface area (Å²) in [7, 11) is 0. The Balaban J connectivity index is 1.68. The van der Waals surface area contributed by atoms with E-state index in [1.54, 1.807) is 29.3 Å². The molecule has 0 N–H and O–H groups in total. The van der Waals surface area contributed by atoms with Gasteiger partial charge in [0.25, 0.3) is 11.5 Å². The molecular weight excluding hydrogens is 360 g/mol. The zero-order chi connectivity index (χ0) is 18.8. The fourth-order valence-electron chi connectivity index (χ4n) is 3.52. The Bertz CT molecular complexity index is 1060. The van der Waals surface area contributed by atoms with Crippen LogP contribution in [-0.4, -0.2) is 17.0 Å². The van der Waals surface area contributed by atoms with E-state index in [1.807, 2.05) is 42.5 Å². The van der Waals surface area contributed by atoms with E-state index in [0.717, 1.165) is 29.7 Å². The van der Waals surface area contributed by atoms with E-state index in [-0.39, 0.29) is 17.0 Å². The first-order chi connectivity index (χ1) is 13.1. The van der Waals surface area contributed by atoms with Crippen LogP contribution in [0.15, 0.2) is 71.7 Å². The third-order valence-electron chi connectivity index (χ3n) is 4.90. The van der Waals surface area contributed by atoms with Crippen LogP contribution in [0.2, 0.25) is 5.02 Å². The zero-order valence-electron chi connectivity index (χ0n) is 14.8. The molecule has 5 heteroatoms. The summed E-state index contributed by atoms with van der Waals surface area (Å²) in [6.07, 6.45) is 3.53. The van der Waals surface area contributed by atoms with E-state index in [0.29, 0.717) is 18.1 Å². The lowest BCUT2D eigenvalue weighted by molar-refractivity contribution is 0.0983. The summed E-state index contributed by atoms with van der Waals surface area (Å²) in [6.45, 7) is 0.949. The maximum Gasteiger partial charge on any atom is 0.263 e. The van der Waals surface area contributed by atoms with Gasteiger partial charge in [-0.1, -0.05) is 48.0 Å². The summed E-state index contributed by atoms with van der Waals surface area (Å²) >= 11 is 6.22. The van der Waals surface area contributed by atoms with E-state index < -0.39 is 0 Å². The van der Waals surface area contributed by atoms with Crippen molar-refractivity contribution in [1.82, 2.24) is 4.57 Å². The fraction of sp³-hybridized carbons (Fsp3) is 0.182. The molecule has 0 aliphatic carbocycles. The Morgan fingerprint density at radius 3 is 2.63 bits per heavy atom. The number of amides is 1. The molecule has 0 atom stereocenters. The molecule has 0 saturated carbocycles. The van der Waals surface area contributed by atoms with Gasteiger partial charge in [-0.25, -0.2) is 0 Å². The highest BCUT2D eigenvalue weighted by Gasteiger charge is 2.25. The number of benzene rings is 2. The number of halogens is 1. The molecule has 1 aromatic heterocycles. The van der Waals surface area contributed by atoms with Crippen LogP contribution >= 0.6 is 11.6 Å². The minimum Gasteiger partial charge on any atom is -0.310 e. The number of fused-ring (bicyclic) bond motifs is 1. The summed E-state index contributed by atoms with van der Waals surface area (Å²) in [4.78, 5) is 27.8. The molecule has 27 heavy (non-hydrogen) atoms. The Labute approximate surface area is 162 Å². The van der Waals surface area contributed by atoms with Crippen LogP contribution in [0.1, 0.15) is 27.9 Å². The topological polar surface area (TPSA) is 42.3 Å². The van der Waals surface area contributed by atoms with Gasteiger partial charge in [-0.05, 0) is 48.2 Å². The molecule has 0 unspecified atom stereocenters. The number of rotatable bonds is 3. The maximum atomic E-state index is 13.1. The van der Waals surface area contributed by atoms with Crippen molar-refractivity contribution in [2.24, 2.45) is 0 Å². The Morgan fingerprint density at radius 2 is 1.78 bits per heavy atom. The fourth-order valence-corrected chi connectivity index (χ4v) is 3.72. The van der Waals surface area contributed by atoms with Crippen molar-refractivity contribution in [3.8, 4) is 0 Å². The summed E-state index contributed by atoms with van der Waals surface area (Å²) in [5.41, 5.74) is 2.76. The van der Waals surface area contributed by atoms with Crippen molar-refractivity contribution in [2.45, 2.75) is 19.4 Å². The van der Waals surface area contributed by atoms with Crippen LogP contribution in [0.25, 0.3) is 0 Å². The van der Waals surface area contributed by atoms with Gasteiger partial charge in [-0.15, -0.1) is 0 Å². The molecule has 1 aliphatic rings. The SMILES string of the molecule is O=C(c1cccn(Cc2ccccc2Cl)c1=O)N1CCCc2ccccc21. The molecule has 0 radical (unpaired) electrons. The second-order valence-corrected chi connectivity index (χ2v) is 7.04. The Hall–Kier alpha value is -2.85. The number of carbonyl (C=O) groups excluding carboxylic acids is 1. The van der Waals surface area contributed by atoms with E-state index in [2.05, 4.69) is 0 Å². The van der Waals surface area contributed by atoms with E-state index in [9.17, 15) is 9.59 Å². The highest BCUT2D eigenvalue weighted by molar-refractivity contribution is 6.31. The molecule has 136 valence electrons. The second kappa shape index (κ2) is 7.41. The molecule has 3 aromatic rings. The van der Waals surface area contributed by atoms with E-state index in [4.69, 9.17) is 11.6 Å². The Kier molecular flexibility index (Phi) is 4.82. The molecule has 2 aromatic carbocycles. The minimum atomic E-state index is -0.300. The van der Waals surface area contributed by atoms with Gasteiger partial charge in [-0.2, -0.15) is 0 Å². The summed E-state index contributed by atoms with van der Waals surface area (Å²) in [6, 6.07) is 18.6. The van der Waals surface area contributed by atoms with Crippen LogP contribution in [-0.2, 0) is 13.0 Å². The standard InChI is InChI=1S/C22H19ClN2O2/c23-19-11-3-1-8-17(19)15-24-13-6-10-18(21(24)26)22(27)25-14-5-9-16-7-2-4-12-20(16)25/h1-4,6-8,10-13H,5,9,14-15H2. The summed E-state index contributed by atoms with van der Waals surface area (Å²) < 4.78 is 1.53. The molecule has 1 aliphatic heterocycles. The number of hydrogen-bond acceptors (Lipinski definition) is 2. The van der Waals surface area contributed by atoms with E-state index in [1.165, 1.54) is 4.57 Å². The lowest BCUT2D eigenvalue weighted by atomic mass is 10.0. The van der Waals surface area contributed by atoms with Gasteiger partial charge in [0.1, 0.15) is 5.56 Å². The number of para-hydroxylation sites is 1. The van der Waals surface area contributed by atoms with Crippen molar-refractivity contribution in [3.63, 3.8) is 0 Å². The molecule has 1 amide bonds. The number of aromatic nitrogens is 1. The van der Waals surface area contributed by atoms with Gasteiger partial charge in [0.15, 0.2) is 0 Å². The molecule has 0 fully saturated rings. The lowest BCUT2D eigenvalue weighted by Crippen LogP contribution is -2.39. The quantitative estimate of drug-likeness (QED) is 0.687. The molecule has 4 rings (SSSR count). The molecule has 4 nitrogen and oxygen atoms in total. The first-order valence-electron chi connectivity index (χ1n) is 8.98. The van der Waals surface area contributed by atoms with E-state index >= 15 is 0 Å². The first-order valence-corrected chi connectivity index (χ1v) is 9.35. The molecule has 0 saturated heterocycles. The highest BCUT2D eigenvalue weighted by Crippen LogP contribution is 2.27. The summed E-state index contributed by atoms with van der Waals surface area (Å²) in [5.74, 6) is -0.249. The van der Waals surface area contributed by atoms with Crippen LogP contribution in [0.4, 0.5) is 5.69 Å². The molecule has 2 heterocycles. The first kappa shape index (κ1) is 17.6. The minimum absolute atomic E-state index is 0.182. The second-order valence-electron chi connectivity index (χ2n) is 6.64. The van der Waals surface area contributed by atoms with Crippen LogP contribution in [0.3, 0.4) is 0 Å². The maximum absolute atomic E-state index is 13.1.